The van der Waals surface area contributed by atoms with E-state index in [0.717, 1.165) is 16.4 Å². The molecule has 0 aliphatic carbocycles. The lowest BCUT2D eigenvalue weighted by Crippen LogP contribution is -2.15. The zero-order chi connectivity index (χ0) is 10.6. The Morgan fingerprint density at radius 1 is 1.50 bits per heavy atom. The van der Waals surface area contributed by atoms with Gasteiger partial charge < -0.3 is 4.74 Å². The Hall–Kier alpha value is -0.765. The van der Waals surface area contributed by atoms with E-state index in [9.17, 15) is 4.79 Å². The molecule has 0 amide bonds. The number of ether oxygens (including phenoxy) is 1. The molecule has 2 nitrogen and oxygen atoms in total. The Kier molecular flexibility index (Phi) is 4.20. The minimum atomic E-state index is -0.295. The predicted molar refractivity (Wildman–Crippen MR) is 61.7 cm³/mol. The van der Waals surface area contributed by atoms with Crippen LogP contribution in [0.25, 0.3) is 0 Å². The Labute approximate surface area is 93.0 Å². The summed E-state index contributed by atoms with van der Waals surface area (Å²) in [5.41, 5.74) is 2.70. The number of carbonyl (C=O) groups excluding carboxylic acids is 1. The van der Waals surface area contributed by atoms with Gasteiger partial charge in [0.25, 0.3) is 0 Å². The summed E-state index contributed by atoms with van der Waals surface area (Å²) in [6.07, 6.45) is 0. The van der Waals surface area contributed by atoms with Crippen molar-refractivity contribution in [2.45, 2.75) is 12.2 Å². The molecule has 0 spiro atoms. The van der Waals surface area contributed by atoms with E-state index in [0.29, 0.717) is 5.56 Å². The Morgan fingerprint density at radius 2 is 2.21 bits per heavy atom. The van der Waals surface area contributed by atoms with Crippen molar-refractivity contribution < 1.29 is 9.53 Å². The van der Waals surface area contributed by atoms with E-state index in [4.69, 9.17) is 0 Å². The average molecular weight is 254 g/mol. The molecule has 73 valence electrons. The Morgan fingerprint density at radius 3 is 2.71 bits per heavy atom. The summed E-state index contributed by atoms with van der Waals surface area (Å²) in [6, 6.07) is 5.67. The number of halogens is 1. The van der Waals surface area contributed by atoms with Gasteiger partial charge in [0.1, 0.15) is 7.28 Å². The van der Waals surface area contributed by atoms with Gasteiger partial charge >= 0.3 is 5.97 Å². The summed E-state index contributed by atoms with van der Waals surface area (Å²) in [4.78, 5) is 11.3. The topological polar surface area (TPSA) is 26.3 Å². The van der Waals surface area contributed by atoms with Crippen LogP contribution in [-0.2, 0) is 10.1 Å². The lowest BCUT2D eigenvalue weighted by atomic mass is 9.72. The second-order valence-corrected chi connectivity index (χ2v) is 3.44. The third-order valence-electron chi connectivity index (χ3n) is 1.92. The molecular weight excluding hydrogens is 243 g/mol. The highest BCUT2D eigenvalue weighted by molar-refractivity contribution is 9.08. The van der Waals surface area contributed by atoms with Gasteiger partial charge in [0.15, 0.2) is 0 Å². The van der Waals surface area contributed by atoms with Gasteiger partial charge in [-0.15, -0.1) is 0 Å². The van der Waals surface area contributed by atoms with Crippen molar-refractivity contribution >= 4 is 34.6 Å². The lowest BCUT2D eigenvalue weighted by molar-refractivity contribution is 0.0600. The first-order chi connectivity index (χ1) is 6.71. The largest absolute Gasteiger partial charge is 0.465 e. The van der Waals surface area contributed by atoms with E-state index >= 15 is 0 Å². The van der Waals surface area contributed by atoms with Crippen LogP contribution in [-0.4, -0.2) is 20.4 Å². The average Bonchev–Trinajstić information content (AvgIpc) is 2.27. The summed E-state index contributed by atoms with van der Waals surface area (Å²) in [5, 5.41) is 0.735. The van der Waals surface area contributed by atoms with Crippen molar-refractivity contribution in [3.05, 3.63) is 29.3 Å². The van der Waals surface area contributed by atoms with Crippen molar-refractivity contribution in [1.82, 2.24) is 0 Å². The number of methoxy groups -OCH3 is 1. The Balaban J connectivity index is 3.10. The molecule has 4 heteroatoms. The van der Waals surface area contributed by atoms with E-state index in [2.05, 4.69) is 20.7 Å². The molecule has 1 aromatic rings. The van der Waals surface area contributed by atoms with Crippen LogP contribution in [0.1, 0.15) is 15.9 Å². The smallest absolute Gasteiger partial charge is 0.337 e. The summed E-state index contributed by atoms with van der Waals surface area (Å²) >= 11 is 3.36. The molecule has 14 heavy (non-hydrogen) atoms. The SMILES string of the molecule is C[B]c1cc(CBr)cc(C(=O)OC)c1. The maximum Gasteiger partial charge on any atom is 0.337 e. The monoisotopic (exact) mass is 253 g/mol. The molecule has 0 aliphatic rings. The van der Waals surface area contributed by atoms with E-state index < -0.39 is 0 Å². The van der Waals surface area contributed by atoms with Gasteiger partial charge in [-0.2, -0.15) is 0 Å². The van der Waals surface area contributed by atoms with Crippen LogP contribution < -0.4 is 5.46 Å². The van der Waals surface area contributed by atoms with Crippen molar-refractivity contribution in [2.75, 3.05) is 7.11 Å². The molecule has 0 N–H and O–H groups in total. The molecule has 1 aromatic carbocycles. The number of hydrogen-bond acceptors (Lipinski definition) is 2. The molecule has 1 rings (SSSR count). The minimum Gasteiger partial charge on any atom is -0.465 e. The fourth-order valence-electron chi connectivity index (χ4n) is 1.20. The molecule has 0 bridgehead atoms. The van der Waals surface area contributed by atoms with Gasteiger partial charge in [-0.3, -0.25) is 0 Å². The number of rotatable bonds is 3. The number of alkyl halides is 1. The molecule has 0 saturated carbocycles. The van der Waals surface area contributed by atoms with Gasteiger partial charge in [0.2, 0.25) is 0 Å². The highest BCUT2D eigenvalue weighted by Gasteiger charge is 2.07. The van der Waals surface area contributed by atoms with E-state index in [-0.39, 0.29) is 5.97 Å². The van der Waals surface area contributed by atoms with Crippen LogP contribution >= 0.6 is 15.9 Å². The fourth-order valence-corrected chi connectivity index (χ4v) is 1.52. The third kappa shape index (κ3) is 2.61. The number of esters is 1. The van der Waals surface area contributed by atoms with E-state index in [1.165, 1.54) is 7.11 Å². The standard InChI is InChI=1S/C10H11BBrO2/c1-11-9-4-7(6-12)3-8(5-9)10(13)14-2/h3-5H,6H2,1-2H3. The zero-order valence-electron chi connectivity index (χ0n) is 8.21. The highest BCUT2D eigenvalue weighted by Crippen LogP contribution is 2.08. The van der Waals surface area contributed by atoms with Crippen molar-refractivity contribution in [1.29, 1.82) is 0 Å². The summed E-state index contributed by atoms with van der Waals surface area (Å²) in [7, 11) is 3.34. The maximum absolute atomic E-state index is 11.3. The van der Waals surface area contributed by atoms with Gasteiger partial charge in [0, 0.05) is 5.33 Å². The van der Waals surface area contributed by atoms with Crippen molar-refractivity contribution in [3.8, 4) is 0 Å². The van der Waals surface area contributed by atoms with Crippen molar-refractivity contribution in [3.63, 3.8) is 0 Å². The zero-order valence-corrected chi connectivity index (χ0v) is 9.80. The molecule has 0 aliphatic heterocycles. The quantitative estimate of drug-likeness (QED) is 0.466. The molecular formula is C10H11BBrO2. The van der Waals surface area contributed by atoms with Gasteiger partial charge in [-0.1, -0.05) is 40.3 Å². The highest BCUT2D eigenvalue weighted by atomic mass is 79.9. The minimum absolute atomic E-state index is 0.295. The fraction of sp³-hybridized carbons (Fsp3) is 0.300. The summed E-state index contributed by atoms with van der Waals surface area (Å²) in [6.45, 7) is 1.94. The van der Waals surface area contributed by atoms with Gasteiger partial charge in [0.05, 0.1) is 12.7 Å². The van der Waals surface area contributed by atoms with Crippen molar-refractivity contribution in [2.24, 2.45) is 0 Å². The first-order valence-corrected chi connectivity index (χ1v) is 5.41. The lowest BCUT2D eigenvalue weighted by Gasteiger charge is -2.05. The number of carbonyl (C=O) groups is 1. The normalized spacial score (nSPS) is 9.64. The van der Waals surface area contributed by atoms with E-state index in [1.807, 2.05) is 32.3 Å². The number of hydrogen-bond donors (Lipinski definition) is 0. The molecule has 0 fully saturated rings. The van der Waals surface area contributed by atoms with Crippen LogP contribution in [0.2, 0.25) is 6.82 Å². The summed E-state index contributed by atoms with van der Waals surface area (Å²) < 4.78 is 4.67. The van der Waals surface area contributed by atoms with Gasteiger partial charge in [-0.05, 0) is 11.6 Å². The maximum atomic E-state index is 11.3. The molecule has 0 saturated heterocycles. The molecule has 0 heterocycles. The molecule has 0 unspecified atom stereocenters. The second-order valence-electron chi connectivity index (χ2n) is 2.88. The predicted octanol–water partition coefficient (Wildman–Crippen LogP) is 1.75. The van der Waals surface area contributed by atoms with Crippen LogP contribution in [0.3, 0.4) is 0 Å². The van der Waals surface area contributed by atoms with Gasteiger partial charge in [-0.25, -0.2) is 4.79 Å². The van der Waals surface area contributed by atoms with Crippen LogP contribution in [0.15, 0.2) is 18.2 Å². The molecule has 0 atom stereocenters. The first kappa shape index (κ1) is 11.3. The second kappa shape index (κ2) is 5.20. The third-order valence-corrected chi connectivity index (χ3v) is 2.57. The van der Waals surface area contributed by atoms with Crippen LogP contribution in [0, 0.1) is 0 Å². The van der Waals surface area contributed by atoms with Crippen LogP contribution in [0.4, 0.5) is 0 Å². The van der Waals surface area contributed by atoms with E-state index in [1.54, 1.807) is 0 Å². The Bertz CT molecular complexity index is 317. The molecule has 0 aromatic heterocycles. The molecule has 1 radical (unpaired) electrons. The number of benzene rings is 1. The van der Waals surface area contributed by atoms with Crippen LogP contribution in [0.5, 0.6) is 0 Å². The first-order valence-electron chi connectivity index (χ1n) is 4.29. The summed E-state index contributed by atoms with van der Waals surface area (Å²) in [5.74, 6) is -0.295.